The highest BCUT2D eigenvalue weighted by molar-refractivity contribution is 6.32. The standard InChI is InChI=1S/C18H24ClNO4/c1-17(23)6-9-24-18(12-17)4-7-20(8-5-18)16(22)11-13-2-3-15(21)14(19)10-13/h2-3,10,21,23H,4-9,11-12H2,1H3. The van der Waals surface area contributed by atoms with E-state index in [1.54, 1.807) is 12.1 Å². The number of halogens is 1. The van der Waals surface area contributed by atoms with Crippen LogP contribution >= 0.6 is 11.6 Å². The molecule has 2 N–H and O–H groups in total. The van der Waals surface area contributed by atoms with Crippen molar-refractivity contribution in [1.29, 1.82) is 0 Å². The number of hydrogen-bond acceptors (Lipinski definition) is 4. The van der Waals surface area contributed by atoms with Crippen LogP contribution in [0, 0.1) is 0 Å². The Morgan fingerprint density at radius 1 is 1.33 bits per heavy atom. The SMILES string of the molecule is CC1(O)CCOC2(CCN(C(=O)Cc3ccc(O)c(Cl)c3)CC2)C1. The molecule has 0 aliphatic carbocycles. The van der Waals surface area contributed by atoms with Gasteiger partial charge in [0.25, 0.3) is 0 Å². The van der Waals surface area contributed by atoms with Crippen LogP contribution in [0.15, 0.2) is 18.2 Å². The van der Waals surface area contributed by atoms with Gasteiger partial charge in [-0.3, -0.25) is 4.79 Å². The van der Waals surface area contributed by atoms with Gasteiger partial charge >= 0.3 is 0 Å². The molecule has 6 heteroatoms. The Morgan fingerprint density at radius 2 is 2.04 bits per heavy atom. The van der Waals surface area contributed by atoms with Gasteiger partial charge in [0.05, 0.1) is 29.3 Å². The molecule has 0 bridgehead atoms. The number of nitrogens with zero attached hydrogens (tertiary/aromatic N) is 1. The monoisotopic (exact) mass is 353 g/mol. The number of phenols is 1. The lowest BCUT2D eigenvalue weighted by atomic mass is 9.78. The highest BCUT2D eigenvalue weighted by Gasteiger charge is 2.44. The number of aliphatic hydroxyl groups is 1. The minimum absolute atomic E-state index is 0.0225. The normalized spacial score (nSPS) is 26.5. The number of carbonyl (C=O) groups is 1. The first-order chi connectivity index (χ1) is 11.3. The largest absolute Gasteiger partial charge is 0.506 e. The lowest BCUT2D eigenvalue weighted by Gasteiger charge is -2.48. The lowest BCUT2D eigenvalue weighted by Crippen LogP contribution is -2.54. The molecule has 2 aliphatic heterocycles. The zero-order valence-electron chi connectivity index (χ0n) is 13.9. The second kappa shape index (κ2) is 6.54. The highest BCUT2D eigenvalue weighted by atomic mass is 35.5. The van der Waals surface area contributed by atoms with Gasteiger partial charge in [-0.05, 0) is 43.9 Å². The van der Waals surface area contributed by atoms with Crippen LogP contribution in [0.3, 0.4) is 0 Å². The molecule has 2 fully saturated rings. The zero-order chi connectivity index (χ0) is 17.4. The molecular formula is C18H24ClNO4. The van der Waals surface area contributed by atoms with Crippen LogP contribution < -0.4 is 0 Å². The molecule has 1 amide bonds. The second-order valence-electron chi connectivity index (χ2n) is 7.30. The predicted molar refractivity (Wildman–Crippen MR) is 91.2 cm³/mol. The molecule has 2 saturated heterocycles. The third-order valence-electron chi connectivity index (χ3n) is 5.15. The van der Waals surface area contributed by atoms with Crippen LogP contribution in [-0.2, 0) is 16.0 Å². The molecule has 1 atom stereocenters. The number of carbonyl (C=O) groups excluding carboxylic acids is 1. The van der Waals surface area contributed by atoms with Crippen LogP contribution in [0.2, 0.25) is 5.02 Å². The highest BCUT2D eigenvalue weighted by Crippen LogP contribution is 2.39. The Kier molecular flexibility index (Phi) is 4.78. The minimum Gasteiger partial charge on any atom is -0.506 e. The number of likely N-dealkylation sites (tertiary alicyclic amines) is 1. The Labute approximate surface area is 147 Å². The summed E-state index contributed by atoms with van der Waals surface area (Å²) in [5.41, 5.74) is -0.173. The Bertz CT molecular complexity index is 623. The van der Waals surface area contributed by atoms with Crippen LogP contribution in [-0.4, -0.2) is 51.9 Å². The van der Waals surface area contributed by atoms with Gasteiger partial charge in [0.1, 0.15) is 5.75 Å². The van der Waals surface area contributed by atoms with Gasteiger partial charge in [-0.1, -0.05) is 17.7 Å². The molecule has 0 radical (unpaired) electrons. The molecule has 132 valence electrons. The lowest BCUT2D eigenvalue weighted by molar-refractivity contribution is -0.175. The van der Waals surface area contributed by atoms with Gasteiger partial charge in [0.2, 0.25) is 5.91 Å². The molecule has 0 saturated carbocycles. The molecular weight excluding hydrogens is 330 g/mol. The van der Waals surface area contributed by atoms with Crippen LogP contribution in [0.25, 0.3) is 0 Å². The molecule has 5 nitrogen and oxygen atoms in total. The second-order valence-corrected chi connectivity index (χ2v) is 7.71. The van der Waals surface area contributed by atoms with E-state index in [9.17, 15) is 15.0 Å². The number of phenolic OH excluding ortho intramolecular Hbond substituents is 1. The summed E-state index contributed by atoms with van der Waals surface area (Å²) in [5, 5.41) is 20.0. The van der Waals surface area contributed by atoms with Crippen molar-refractivity contribution in [3.05, 3.63) is 28.8 Å². The quantitative estimate of drug-likeness (QED) is 0.857. The van der Waals surface area contributed by atoms with Crippen molar-refractivity contribution in [1.82, 2.24) is 4.90 Å². The van der Waals surface area contributed by atoms with E-state index in [0.29, 0.717) is 32.5 Å². The molecule has 2 heterocycles. The molecule has 1 aromatic carbocycles. The molecule has 1 spiro atoms. The number of amides is 1. The fourth-order valence-electron chi connectivity index (χ4n) is 3.75. The van der Waals surface area contributed by atoms with Gasteiger partial charge in [-0.2, -0.15) is 0 Å². The molecule has 0 aromatic heterocycles. The van der Waals surface area contributed by atoms with Gasteiger partial charge in [-0.15, -0.1) is 0 Å². The summed E-state index contributed by atoms with van der Waals surface area (Å²) in [6.07, 6.45) is 3.08. The van der Waals surface area contributed by atoms with E-state index in [2.05, 4.69) is 0 Å². The summed E-state index contributed by atoms with van der Waals surface area (Å²) in [5.74, 6) is 0.0726. The van der Waals surface area contributed by atoms with Crippen LogP contribution in [0.5, 0.6) is 5.75 Å². The van der Waals surface area contributed by atoms with Crippen molar-refractivity contribution in [2.45, 2.75) is 50.2 Å². The van der Waals surface area contributed by atoms with Crippen molar-refractivity contribution < 1.29 is 19.7 Å². The number of aromatic hydroxyl groups is 1. The van der Waals surface area contributed by atoms with Crippen LogP contribution in [0.4, 0.5) is 0 Å². The Balaban J connectivity index is 1.58. The third kappa shape index (κ3) is 3.85. The minimum atomic E-state index is -0.673. The first kappa shape index (κ1) is 17.5. The van der Waals surface area contributed by atoms with Crippen molar-refractivity contribution >= 4 is 17.5 Å². The van der Waals surface area contributed by atoms with Gasteiger partial charge in [0, 0.05) is 19.5 Å². The molecule has 24 heavy (non-hydrogen) atoms. The van der Waals surface area contributed by atoms with E-state index < -0.39 is 5.60 Å². The predicted octanol–water partition coefficient (Wildman–Crippen LogP) is 2.51. The molecule has 1 unspecified atom stereocenters. The number of ether oxygens (including phenoxy) is 1. The number of rotatable bonds is 2. The average molecular weight is 354 g/mol. The van der Waals surface area contributed by atoms with E-state index in [1.165, 1.54) is 6.07 Å². The summed E-state index contributed by atoms with van der Waals surface area (Å²) in [4.78, 5) is 14.3. The Morgan fingerprint density at radius 3 is 2.67 bits per heavy atom. The Hall–Kier alpha value is -1.30. The van der Waals surface area contributed by atoms with Gasteiger partial charge in [-0.25, -0.2) is 0 Å². The number of hydrogen-bond donors (Lipinski definition) is 2. The fraction of sp³-hybridized carbons (Fsp3) is 0.611. The first-order valence-corrected chi connectivity index (χ1v) is 8.78. The van der Waals surface area contributed by atoms with Gasteiger partial charge < -0.3 is 19.8 Å². The number of benzene rings is 1. The first-order valence-electron chi connectivity index (χ1n) is 8.40. The van der Waals surface area contributed by atoms with E-state index >= 15 is 0 Å². The maximum absolute atomic E-state index is 12.5. The maximum atomic E-state index is 12.5. The average Bonchev–Trinajstić information content (AvgIpc) is 2.50. The van der Waals surface area contributed by atoms with Crippen molar-refractivity contribution in [2.75, 3.05) is 19.7 Å². The summed E-state index contributed by atoms with van der Waals surface area (Å²) in [7, 11) is 0. The summed E-state index contributed by atoms with van der Waals surface area (Å²) in [6, 6.07) is 4.85. The van der Waals surface area contributed by atoms with E-state index in [4.69, 9.17) is 16.3 Å². The smallest absolute Gasteiger partial charge is 0.226 e. The van der Waals surface area contributed by atoms with Gasteiger partial charge in [0.15, 0.2) is 0 Å². The fourth-order valence-corrected chi connectivity index (χ4v) is 3.96. The van der Waals surface area contributed by atoms with E-state index in [-0.39, 0.29) is 28.7 Å². The third-order valence-corrected chi connectivity index (χ3v) is 5.45. The number of piperidine rings is 1. The molecule has 3 rings (SSSR count). The molecule has 1 aromatic rings. The van der Waals surface area contributed by atoms with E-state index in [0.717, 1.165) is 18.4 Å². The zero-order valence-corrected chi connectivity index (χ0v) is 14.7. The topological polar surface area (TPSA) is 70.0 Å². The summed E-state index contributed by atoms with van der Waals surface area (Å²) < 4.78 is 5.97. The summed E-state index contributed by atoms with van der Waals surface area (Å²) >= 11 is 5.89. The van der Waals surface area contributed by atoms with E-state index in [1.807, 2.05) is 11.8 Å². The summed E-state index contributed by atoms with van der Waals surface area (Å²) in [6.45, 7) is 3.72. The van der Waals surface area contributed by atoms with Crippen molar-refractivity contribution in [2.24, 2.45) is 0 Å². The van der Waals surface area contributed by atoms with Crippen LogP contribution in [0.1, 0.15) is 38.2 Å². The van der Waals surface area contributed by atoms with Crippen molar-refractivity contribution in [3.8, 4) is 5.75 Å². The molecule has 2 aliphatic rings. The maximum Gasteiger partial charge on any atom is 0.226 e. The van der Waals surface area contributed by atoms with Crippen molar-refractivity contribution in [3.63, 3.8) is 0 Å².